The van der Waals surface area contributed by atoms with E-state index in [1.807, 2.05) is 30.5 Å². The van der Waals surface area contributed by atoms with Crippen LogP contribution in [-0.4, -0.2) is 60.1 Å². The zero-order valence-corrected chi connectivity index (χ0v) is 22.4. The molecule has 0 unspecified atom stereocenters. The molecule has 0 spiro atoms. The number of aromatic nitrogens is 1. The van der Waals surface area contributed by atoms with Crippen LogP contribution in [0.1, 0.15) is 29.4 Å². The number of nitrogens with zero attached hydrogens (tertiary/aromatic N) is 3. The molecule has 36 heavy (non-hydrogen) atoms. The number of aryl methyl sites for hydroxylation is 1. The first-order valence-electron chi connectivity index (χ1n) is 11.5. The smallest absolute Gasteiger partial charge is 0.270 e. The minimum absolute atomic E-state index is 0. The maximum Gasteiger partial charge on any atom is 0.270 e. The number of nitrogens with one attached hydrogen (secondary N) is 1. The fourth-order valence-electron chi connectivity index (χ4n) is 4.09. The number of carbonyl (C=O) groups is 1. The van der Waals surface area contributed by atoms with Crippen LogP contribution in [0.15, 0.2) is 47.8 Å². The molecule has 0 saturated carbocycles. The highest BCUT2D eigenvalue weighted by atomic mass is 35.5. The maximum atomic E-state index is 13.4. The van der Waals surface area contributed by atoms with E-state index in [-0.39, 0.29) is 36.4 Å². The van der Waals surface area contributed by atoms with Crippen molar-refractivity contribution >= 4 is 47.7 Å². The van der Waals surface area contributed by atoms with Crippen LogP contribution in [-0.2, 0) is 11.2 Å². The van der Waals surface area contributed by atoms with Gasteiger partial charge in [-0.2, -0.15) is 0 Å². The number of nitro groups is 1. The predicted octanol–water partition coefficient (Wildman–Crippen LogP) is 5.24. The lowest BCUT2D eigenvalue weighted by atomic mass is 9.95. The van der Waals surface area contributed by atoms with Crippen molar-refractivity contribution in [3.05, 3.63) is 69.2 Å². The highest BCUT2D eigenvalue weighted by Crippen LogP contribution is 2.33. The van der Waals surface area contributed by atoms with Crippen LogP contribution in [0.5, 0.6) is 0 Å². The average molecular weight is 554 g/mol. The summed E-state index contributed by atoms with van der Waals surface area (Å²) in [6.07, 6.45) is 1.40. The Morgan fingerprint density at radius 2 is 1.97 bits per heavy atom. The maximum absolute atomic E-state index is 13.4. The van der Waals surface area contributed by atoms with Crippen LogP contribution in [0.25, 0.3) is 21.7 Å². The number of thiophene rings is 1. The highest BCUT2D eigenvalue weighted by molar-refractivity contribution is 7.13. The van der Waals surface area contributed by atoms with E-state index < -0.39 is 4.92 Å². The molecule has 0 bridgehead atoms. The van der Waals surface area contributed by atoms with Gasteiger partial charge in [-0.25, -0.2) is 0 Å². The molecule has 1 amide bonds. The van der Waals surface area contributed by atoms with Crippen molar-refractivity contribution in [2.24, 2.45) is 0 Å². The number of halogens is 2. The topological polar surface area (TPSA) is 97.6 Å². The molecule has 1 fully saturated rings. The van der Waals surface area contributed by atoms with Crippen LogP contribution in [0, 0.1) is 10.1 Å². The largest absolute Gasteiger partial charge is 0.379 e. The summed E-state index contributed by atoms with van der Waals surface area (Å²) in [4.78, 5) is 32.5. The van der Waals surface area contributed by atoms with Gasteiger partial charge in [0.1, 0.15) is 0 Å². The summed E-state index contributed by atoms with van der Waals surface area (Å²) in [7, 11) is 0. The first-order chi connectivity index (χ1) is 16.6. The first-order valence-corrected chi connectivity index (χ1v) is 12.4. The van der Waals surface area contributed by atoms with Gasteiger partial charge in [-0.15, -0.1) is 36.2 Å². The summed E-state index contributed by atoms with van der Waals surface area (Å²) in [6, 6.07) is 12.2. The Morgan fingerprint density at radius 3 is 2.64 bits per heavy atom. The van der Waals surface area contributed by atoms with E-state index in [1.165, 1.54) is 12.1 Å². The van der Waals surface area contributed by atoms with Gasteiger partial charge in [0.05, 0.1) is 40.0 Å². The van der Waals surface area contributed by atoms with Crippen molar-refractivity contribution in [3.63, 3.8) is 0 Å². The Balaban J connectivity index is 0.00000228. The van der Waals surface area contributed by atoms with Gasteiger partial charge in [0.2, 0.25) is 0 Å². The predicted molar refractivity (Wildman–Crippen MR) is 148 cm³/mol. The molecule has 1 aliphatic rings. The molecule has 3 aromatic rings. The number of ether oxygens (including phenoxy) is 1. The minimum Gasteiger partial charge on any atom is -0.379 e. The molecule has 8 nitrogen and oxygen atoms in total. The van der Waals surface area contributed by atoms with E-state index >= 15 is 0 Å². The Kier molecular flexibility index (Phi) is 11.7. The molecule has 1 aliphatic heterocycles. The SMILES string of the molecule is CCc1nc(-c2cccs2)cc(-c2cccc([N+](=O)[O-])c2)c1C(=O)NCCCN1CCOCC1.Cl.Cl. The molecule has 194 valence electrons. The van der Waals surface area contributed by atoms with Gasteiger partial charge in [-0.3, -0.25) is 24.8 Å². The Morgan fingerprint density at radius 1 is 1.19 bits per heavy atom. The number of hydrogen-bond donors (Lipinski definition) is 1. The van der Waals surface area contributed by atoms with Crippen molar-refractivity contribution in [1.29, 1.82) is 0 Å². The molecule has 1 N–H and O–H groups in total. The third kappa shape index (κ3) is 7.24. The Bertz CT molecular complexity index is 1150. The summed E-state index contributed by atoms with van der Waals surface area (Å²) in [5, 5.41) is 16.4. The number of rotatable bonds is 9. The van der Waals surface area contributed by atoms with Crippen LogP contribution in [0.4, 0.5) is 5.69 Å². The van der Waals surface area contributed by atoms with Crippen LogP contribution < -0.4 is 5.32 Å². The number of carbonyl (C=O) groups excluding carboxylic acids is 1. The van der Waals surface area contributed by atoms with Crippen LogP contribution in [0.3, 0.4) is 0 Å². The third-order valence-corrected chi connectivity index (χ3v) is 6.73. The number of benzene rings is 1. The quantitative estimate of drug-likeness (QED) is 0.221. The lowest BCUT2D eigenvalue weighted by Crippen LogP contribution is -2.38. The van der Waals surface area contributed by atoms with Crippen LogP contribution >= 0.6 is 36.2 Å². The number of nitro benzene ring substituents is 1. The van der Waals surface area contributed by atoms with Gasteiger partial charge < -0.3 is 10.1 Å². The van der Waals surface area contributed by atoms with Crippen molar-refractivity contribution in [2.75, 3.05) is 39.4 Å². The number of non-ortho nitro benzene ring substituents is 1. The zero-order valence-electron chi connectivity index (χ0n) is 20.0. The zero-order chi connectivity index (χ0) is 23.9. The van der Waals surface area contributed by atoms with E-state index in [0.717, 1.165) is 49.8 Å². The van der Waals surface area contributed by atoms with Gasteiger partial charge in [-0.05, 0) is 48.0 Å². The molecule has 0 aliphatic carbocycles. The number of morpholine rings is 1. The Labute approximate surface area is 227 Å². The van der Waals surface area contributed by atoms with Crippen molar-refractivity contribution < 1.29 is 14.5 Å². The van der Waals surface area contributed by atoms with Gasteiger partial charge >= 0.3 is 0 Å². The van der Waals surface area contributed by atoms with Crippen LogP contribution in [0.2, 0.25) is 0 Å². The summed E-state index contributed by atoms with van der Waals surface area (Å²) in [5.74, 6) is -0.203. The average Bonchev–Trinajstić information content (AvgIpc) is 3.41. The molecule has 2 aromatic heterocycles. The highest BCUT2D eigenvalue weighted by Gasteiger charge is 2.22. The fraction of sp³-hybridized carbons (Fsp3) is 0.360. The fourth-order valence-corrected chi connectivity index (χ4v) is 4.78. The molecule has 11 heteroatoms. The van der Waals surface area contributed by atoms with E-state index in [9.17, 15) is 14.9 Å². The molecular formula is C25H30Cl2N4O4S. The van der Waals surface area contributed by atoms with E-state index in [1.54, 1.807) is 23.5 Å². The molecule has 1 saturated heterocycles. The van der Waals surface area contributed by atoms with Crippen molar-refractivity contribution in [1.82, 2.24) is 15.2 Å². The van der Waals surface area contributed by atoms with E-state index in [4.69, 9.17) is 9.72 Å². The summed E-state index contributed by atoms with van der Waals surface area (Å²) >= 11 is 1.57. The second-order valence-corrected chi connectivity index (χ2v) is 9.03. The Hall–Kier alpha value is -2.56. The normalized spacial score (nSPS) is 13.4. The second kappa shape index (κ2) is 14.2. The van der Waals surface area contributed by atoms with Crippen molar-refractivity contribution in [3.8, 4) is 21.7 Å². The third-order valence-electron chi connectivity index (χ3n) is 5.84. The second-order valence-electron chi connectivity index (χ2n) is 8.08. The molecule has 1 aromatic carbocycles. The summed E-state index contributed by atoms with van der Waals surface area (Å²) in [6.45, 7) is 6.74. The lowest BCUT2D eigenvalue weighted by Gasteiger charge is -2.26. The molecule has 4 rings (SSSR count). The van der Waals surface area contributed by atoms with Gasteiger partial charge in [0.25, 0.3) is 11.6 Å². The van der Waals surface area contributed by atoms with E-state index in [0.29, 0.717) is 35.3 Å². The summed E-state index contributed by atoms with van der Waals surface area (Å²) in [5.41, 5.74) is 3.19. The van der Waals surface area contributed by atoms with Gasteiger partial charge in [-0.1, -0.05) is 25.1 Å². The first kappa shape index (κ1) is 29.7. The molecule has 0 atom stereocenters. The van der Waals surface area contributed by atoms with Gasteiger partial charge in [0, 0.05) is 31.8 Å². The standard InChI is InChI=1S/C25H28N4O4S.2ClH/c1-2-21-24(25(30)26-9-5-10-28-11-13-33-14-12-28)20(17-22(27-21)23-8-4-15-34-23)18-6-3-7-19(16-18)29(31)32;;/h3-4,6-8,15-17H,2,5,9-14H2,1H3,(H,26,30);2*1H. The lowest BCUT2D eigenvalue weighted by molar-refractivity contribution is -0.384. The minimum atomic E-state index is -0.420. The van der Waals surface area contributed by atoms with E-state index in [2.05, 4.69) is 10.2 Å². The van der Waals surface area contributed by atoms with Crippen molar-refractivity contribution in [2.45, 2.75) is 19.8 Å². The monoisotopic (exact) mass is 552 g/mol. The number of hydrogen-bond acceptors (Lipinski definition) is 7. The number of pyridine rings is 1. The van der Waals surface area contributed by atoms with Gasteiger partial charge in [0.15, 0.2) is 0 Å². The molecule has 3 heterocycles. The number of amides is 1. The molecular weight excluding hydrogens is 523 g/mol. The molecule has 0 radical (unpaired) electrons. The summed E-state index contributed by atoms with van der Waals surface area (Å²) < 4.78 is 5.38.